The van der Waals surface area contributed by atoms with Gasteiger partial charge < -0.3 is 19.3 Å². The van der Waals surface area contributed by atoms with Gasteiger partial charge in [0, 0.05) is 30.6 Å². The predicted octanol–water partition coefficient (Wildman–Crippen LogP) is 7.84. The molecule has 4 aliphatic rings. The molecule has 2 saturated carbocycles. The van der Waals surface area contributed by atoms with Crippen molar-refractivity contribution in [2.75, 3.05) is 0 Å². The third-order valence-corrected chi connectivity index (χ3v) is 12.6. The number of esters is 3. The van der Waals surface area contributed by atoms with Crippen LogP contribution in [0, 0.1) is 40.4 Å². The number of rotatable bonds is 15. The summed E-state index contributed by atoms with van der Waals surface area (Å²) in [6.45, 7) is 18.6. The molecule has 2 fully saturated rings. The highest BCUT2D eigenvalue weighted by Crippen LogP contribution is 2.75. The smallest absolute Gasteiger partial charge is 0.309 e. The van der Waals surface area contributed by atoms with E-state index >= 15 is 4.79 Å². The van der Waals surface area contributed by atoms with E-state index in [4.69, 9.17) is 14.2 Å². The first-order valence-electron chi connectivity index (χ1n) is 18.7. The van der Waals surface area contributed by atoms with E-state index in [1.165, 1.54) is 45.4 Å². The van der Waals surface area contributed by atoms with Gasteiger partial charge in [-0.2, -0.15) is 0 Å². The lowest BCUT2D eigenvalue weighted by atomic mass is 9.58. The van der Waals surface area contributed by atoms with E-state index in [1.54, 1.807) is 32.9 Å². The molecule has 1 N–H and O–H groups in total. The molecule has 270 valence electrons. The minimum Gasteiger partial charge on any atom is -0.458 e. The number of ether oxygens (including phenoxy) is 3. The molecule has 0 aromatic rings. The SMILES string of the molecule is CCCCCCCCCCCC(=O)O[C@@]12C[C@@H](C)[C@]34C=C(C)[C@H](OC(=O)C(C)C(C)C)[C@@]3(OC(C)=O)[C@H](O)C(C)=C[C@H](C4=O)C1C2(C)C. The molecule has 1 spiro atoms. The molecular formula is C40H62O8. The topological polar surface area (TPSA) is 116 Å². The molecule has 0 radical (unpaired) electrons. The molecule has 4 aliphatic carbocycles. The van der Waals surface area contributed by atoms with Gasteiger partial charge in [0.15, 0.2) is 17.5 Å². The van der Waals surface area contributed by atoms with Gasteiger partial charge in [0.05, 0.1) is 11.3 Å². The summed E-state index contributed by atoms with van der Waals surface area (Å²) in [6.07, 6.45) is 12.0. The van der Waals surface area contributed by atoms with Crippen LogP contribution < -0.4 is 0 Å². The van der Waals surface area contributed by atoms with Gasteiger partial charge in [-0.1, -0.05) is 112 Å². The highest BCUT2D eigenvalue weighted by molar-refractivity contribution is 5.96. The highest BCUT2D eigenvalue weighted by atomic mass is 16.6. The summed E-state index contributed by atoms with van der Waals surface area (Å²) in [5.41, 5.74) is -3.82. The van der Waals surface area contributed by atoms with Gasteiger partial charge >= 0.3 is 17.9 Å². The molecular weight excluding hydrogens is 608 g/mol. The minimum atomic E-state index is -1.91. The Labute approximate surface area is 288 Å². The Morgan fingerprint density at radius 1 is 0.938 bits per heavy atom. The van der Waals surface area contributed by atoms with Crippen molar-refractivity contribution in [3.05, 3.63) is 23.3 Å². The number of hydrogen-bond donors (Lipinski definition) is 1. The number of aliphatic hydroxyl groups excluding tert-OH is 1. The minimum absolute atomic E-state index is 0.00947. The third kappa shape index (κ3) is 6.21. The first-order valence-corrected chi connectivity index (χ1v) is 18.7. The molecule has 0 aromatic heterocycles. The second kappa shape index (κ2) is 14.4. The number of aliphatic hydroxyl groups is 1. The maximum Gasteiger partial charge on any atom is 0.309 e. The third-order valence-electron chi connectivity index (χ3n) is 12.6. The van der Waals surface area contributed by atoms with Crippen molar-refractivity contribution in [1.82, 2.24) is 0 Å². The first kappa shape index (κ1) is 38.3. The second-order valence-electron chi connectivity index (χ2n) is 16.4. The molecule has 8 nitrogen and oxygen atoms in total. The lowest BCUT2D eigenvalue weighted by Crippen LogP contribution is -2.67. The summed E-state index contributed by atoms with van der Waals surface area (Å²) < 4.78 is 18.9. The predicted molar refractivity (Wildman–Crippen MR) is 185 cm³/mol. The van der Waals surface area contributed by atoms with Crippen LogP contribution >= 0.6 is 0 Å². The molecule has 8 heteroatoms. The Morgan fingerprint density at radius 2 is 1.52 bits per heavy atom. The molecule has 4 rings (SSSR count). The quantitative estimate of drug-likeness (QED) is 0.0811. The second-order valence-corrected chi connectivity index (χ2v) is 16.4. The summed E-state index contributed by atoms with van der Waals surface area (Å²) in [5, 5.41) is 12.2. The Bertz CT molecular complexity index is 1310. The maximum atomic E-state index is 15.2. The number of allylic oxidation sites excluding steroid dienone is 1. The Morgan fingerprint density at radius 3 is 2.08 bits per heavy atom. The summed E-state index contributed by atoms with van der Waals surface area (Å²) in [7, 11) is 0. The zero-order chi connectivity index (χ0) is 35.8. The highest BCUT2D eigenvalue weighted by Gasteiger charge is 2.84. The van der Waals surface area contributed by atoms with Crippen LogP contribution in [0.25, 0.3) is 0 Å². The zero-order valence-corrected chi connectivity index (χ0v) is 31.3. The van der Waals surface area contributed by atoms with E-state index in [1.807, 2.05) is 20.8 Å². The Kier molecular flexibility index (Phi) is 11.5. The standard InChI is InChI=1S/C40H62O8/c1-11-12-13-14-15-16-17-18-19-20-31(42)48-39-23-27(6)38-22-26(5)35(46-36(45)28(7)24(2)3)40(38,47-29(8)41)33(43)25(4)21-30(34(38)44)32(39)37(39,9)10/h21-22,24,27-28,30,32-33,35,43H,11-20,23H2,1-10H3/t27-,28?,30+,32?,33-,35+,38+,39+,40+/m1/s1. The van der Waals surface area contributed by atoms with Gasteiger partial charge in [0.1, 0.15) is 11.7 Å². The molecule has 2 unspecified atom stereocenters. The zero-order valence-electron chi connectivity index (χ0n) is 31.3. The Hall–Kier alpha value is -2.48. The van der Waals surface area contributed by atoms with Gasteiger partial charge in [-0.25, -0.2) is 0 Å². The van der Waals surface area contributed by atoms with Crippen molar-refractivity contribution in [3.63, 3.8) is 0 Å². The summed E-state index contributed by atoms with van der Waals surface area (Å²) in [6, 6.07) is 0. The average molecular weight is 671 g/mol. The van der Waals surface area contributed by atoms with Crippen molar-refractivity contribution in [3.8, 4) is 0 Å². The normalized spacial score (nSPS) is 35.3. The van der Waals surface area contributed by atoms with Crippen LogP contribution in [0.2, 0.25) is 0 Å². The largest absolute Gasteiger partial charge is 0.458 e. The number of Topliss-reactive ketones (excluding diaryl/α,β-unsaturated/α-hetero) is 1. The molecule has 0 saturated heterocycles. The molecule has 0 aromatic carbocycles. The van der Waals surface area contributed by atoms with Gasteiger partial charge in [0.25, 0.3) is 0 Å². The van der Waals surface area contributed by atoms with E-state index in [0.717, 1.165) is 19.3 Å². The van der Waals surface area contributed by atoms with Crippen molar-refractivity contribution >= 4 is 23.7 Å². The number of carbonyl (C=O) groups excluding carboxylic acids is 4. The van der Waals surface area contributed by atoms with Crippen LogP contribution in [0.1, 0.15) is 140 Å². The fraction of sp³-hybridized carbons (Fsp3) is 0.800. The van der Waals surface area contributed by atoms with E-state index < -0.39 is 63.9 Å². The van der Waals surface area contributed by atoms with Crippen LogP contribution in [0.15, 0.2) is 23.3 Å². The van der Waals surface area contributed by atoms with Gasteiger partial charge in [-0.15, -0.1) is 0 Å². The molecule has 0 heterocycles. The fourth-order valence-electron chi connectivity index (χ4n) is 9.60. The van der Waals surface area contributed by atoms with E-state index in [2.05, 4.69) is 20.8 Å². The summed E-state index contributed by atoms with van der Waals surface area (Å²) in [5.74, 6) is -3.64. The lowest BCUT2D eigenvalue weighted by Gasteiger charge is -2.51. The van der Waals surface area contributed by atoms with Crippen molar-refractivity contribution in [1.29, 1.82) is 0 Å². The number of unbranched alkanes of at least 4 members (excludes halogenated alkanes) is 8. The number of ketones is 1. The molecule has 9 atom stereocenters. The maximum absolute atomic E-state index is 15.2. The van der Waals surface area contributed by atoms with E-state index in [-0.39, 0.29) is 23.6 Å². The average Bonchev–Trinajstić information content (AvgIpc) is 3.39. The van der Waals surface area contributed by atoms with Gasteiger partial charge in [0.2, 0.25) is 0 Å². The fourth-order valence-corrected chi connectivity index (χ4v) is 9.60. The van der Waals surface area contributed by atoms with Crippen LogP contribution in [0.4, 0.5) is 0 Å². The monoisotopic (exact) mass is 670 g/mol. The van der Waals surface area contributed by atoms with E-state index in [0.29, 0.717) is 24.0 Å². The van der Waals surface area contributed by atoms with E-state index in [9.17, 15) is 19.5 Å². The number of carbonyl (C=O) groups is 4. The van der Waals surface area contributed by atoms with Crippen LogP contribution in [-0.4, -0.2) is 52.2 Å². The van der Waals surface area contributed by atoms with Crippen LogP contribution in [-0.2, 0) is 33.4 Å². The molecule has 48 heavy (non-hydrogen) atoms. The molecule has 0 amide bonds. The first-order chi connectivity index (χ1) is 22.5. The van der Waals surface area contributed by atoms with Crippen molar-refractivity contribution in [2.45, 2.75) is 163 Å². The van der Waals surface area contributed by atoms with Crippen LogP contribution in [0.5, 0.6) is 0 Å². The van der Waals surface area contributed by atoms with Crippen molar-refractivity contribution < 1.29 is 38.5 Å². The number of hydrogen-bond acceptors (Lipinski definition) is 8. The Balaban J connectivity index is 1.66. The summed E-state index contributed by atoms with van der Waals surface area (Å²) in [4.78, 5) is 55.1. The van der Waals surface area contributed by atoms with Crippen molar-refractivity contribution in [2.24, 2.45) is 40.4 Å². The lowest BCUT2D eigenvalue weighted by molar-refractivity contribution is -0.224. The van der Waals surface area contributed by atoms with Gasteiger partial charge in [-0.3, -0.25) is 19.2 Å². The van der Waals surface area contributed by atoms with Gasteiger partial charge in [-0.05, 0) is 49.7 Å². The number of fused-ring (bicyclic) bond motifs is 3. The van der Waals surface area contributed by atoms with Crippen LogP contribution in [0.3, 0.4) is 0 Å². The summed E-state index contributed by atoms with van der Waals surface area (Å²) >= 11 is 0. The molecule has 2 bridgehead atoms. The molecule has 0 aliphatic heterocycles.